The fourth-order valence-corrected chi connectivity index (χ4v) is 2.98. The first kappa shape index (κ1) is 15.3. The Kier molecular flexibility index (Phi) is 4.73. The molecule has 0 radical (unpaired) electrons. The predicted octanol–water partition coefficient (Wildman–Crippen LogP) is 3.35. The second kappa shape index (κ2) is 7.11. The van der Waals surface area contributed by atoms with Gasteiger partial charge in [-0.2, -0.15) is 0 Å². The van der Waals surface area contributed by atoms with E-state index in [1.54, 1.807) is 30.2 Å². The molecule has 1 aromatic heterocycles. The van der Waals surface area contributed by atoms with Crippen LogP contribution in [0.4, 0.5) is 0 Å². The number of nitrogens with zero attached hydrogens (tertiary/aromatic N) is 3. The summed E-state index contributed by atoms with van der Waals surface area (Å²) in [4.78, 5) is 11.4. The third-order valence-electron chi connectivity index (χ3n) is 3.29. The van der Waals surface area contributed by atoms with E-state index >= 15 is 0 Å². The molecule has 3 aromatic rings. The lowest BCUT2D eigenvalue weighted by atomic mass is 10.1. The van der Waals surface area contributed by atoms with Crippen molar-refractivity contribution in [3.8, 4) is 5.69 Å². The maximum atomic E-state index is 11.4. The first-order valence-electron chi connectivity index (χ1n) is 7.03. The summed E-state index contributed by atoms with van der Waals surface area (Å²) in [7, 11) is 1.38. The third-order valence-corrected chi connectivity index (χ3v) is 4.31. The van der Waals surface area contributed by atoms with Crippen LogP contribution in [0.25, 0.3) is 5.69 Å². The third kappa shape index (κ3) is 3.60. The molecule has 0 saturated carbocycles. The Labute approximate surface area is 138 Å². The van der Waals surface area contributed by atoms with Crippen molar-refractivity contribution in [3.63, 3.8) is 0 Å². The van der Waals surface area contributed by atoms with Gasteiger partial charge in [0.15, 0.2) is 5.16 Å². The van der Waals surface area contributed by atoms with Crippen molar-refractivity contribution in [1.82, 2.24) is 14.8 Å². The summed E-state index contributed by atoms with van der Waals surface area (Å²) in [5, 5.41) is 8.99. The van der Waals surface area contributed by atoms with Crippen molar-refractivity contribution < 1.29 is 9.53 Å². The molecule has 0 unspecified atom stereocenters. The van der Waals surface area contributed by atoms with E-state index in [1.807, 2.05) is 47.0 Å². The lowest BCUT2D eigenvalue weighted by Crippen LogP contribution is -2.00. The minimum Gasteiger partial charge on any atom is -0.465 e. The highest BCUT2D eigenvalue weighted by molar-refractivity contribution is 7.98. The van der Waals surface area contributed by atoms with E-state index in [2.05, 4.69) is 10.2 Å². The number of benzene rings is 2. The number of rotatable bonds is 5. The molecule has 3 rings (SSSR count). The number of carbonyl (C=O) groups excluding carboxylic acids is 1. The first-order chi connectivity index (χ1) is 11.3. The Morgan fingerprint density at radius 2 is 1.87 bits per heavy atom. The van der Waals surface area contributed by atoms with E-state index in [1.165, 1.54) is 7.11 Å². The van der Waals surface area contributed by atoms with Gasteiger partial charge in [0.05, 0.1) is 12.7 Å². The van der Waals surface area contributed by atoms with Crippen LogP contribution in [0.3, 0.4) is 0 Å². The van der Waals surface area contributed by atoms with Crippen molar-refractivity contribution in [3.05, 3.63) is 72.1 Å². The van der Waals surface area contributed by atoms with E-state index in [0.29, 0.717) is 5.56 Å². The summed E-state index contributed by atoms with van der Waals surface area (Å²) < 4.78 is 6.65. The maximum Gasteiger partial charge on any atom is 0.337 e. The molecule has 0 N–H and O–H groups in total. The normalized spacial score (nSPS) is 10.5. The quantitative estimate of drug-likeness (QED) is 0.532. The summed E-state index contributed by atoms with van der Waals surface area (Å²) in [5.74, 6) is 0.417. The van der Waals surface area contributed by atoms with E-state index in [0.717, 1.165) is 22.2 Å². The maximum absolute atomic E-state index is 11.4. The predicted molar refractivity (Wildman–Crippen MR) is 88.7 cm³/mol. The van der Waals surface area contributed by atoms with Gasteiger partial charge in [0.1, 0.15) is 6.33 Å². The van der Waals surface area contributed by atoms with Crippen molar-refractivity contribution in [2.24, 2.45) is 0 Å². The molecule has 0 aliphatic carbocycles. The summed E-state index contributed by atoms with van der Waals surface area (Å²) in [6, 6.07) is 17.3. The van der Waals surface area contributed by atoms with Gasteiger partial charge in [0.25, 0.3) is 0 Å². The van der Waals surface area contributed by atoms with Gasteiger partial charge in [-0.1, -0.05) is 42.1 Å². The second-order valence-electron chi connectivity index (χ2n) is 4.80. The highest BCUT2D eigenvalue weighted by atomic mass is 32.2. The zero-order valence-corrected chi connectivity index (χ0v) is 13.4. The molecule has 0 atom stereocenters. The SMILES string of the molecule is COC(=O)c1ccc(CSc2nncn2-c2ccccc2)cc1. The van der Waals surface area contributed by atoms with Crippen LogP contribution in [0, 0.1) is 0 Å². The summed E-state index contributed by atoms with van der Waals surface area (Å²) >= 11 is 1.59. The average Bonchev–Trinajstić information content (AvgIpc) is 3.09. The van der Waals surface area contributed by atoms with E-state index < -0.39 is 0 Å². The van der Waals surface area contributed by atoms with E-state index in [9.17, 15) is 4.79 Å². The summed E-state index contributed by atoms with van der Waals surface area (Å²) in [6.07, 6.45) is 1.71. The molecule has 0 aliphatic heterocycles. The summed E-state index contributed by atoms with van der Waals surface area (Å²) in [6.45, 7) is 0. The van der Waals surface area contributed by atoms with Gasteiger partial charge in [-0.15, -0.1) is 10.2 Å². The van der Waals surface area contributed by atoms with Crippen molar-refractivity contribution >= 4 is 17.7 Å². The average molecular weight is 325 g/mol. The molecule has 116 valence electrons. The highest BCUT2D eigenvalue weighted by Crippen LogP contribution is 2.23. The van der Waals surface area contributed by atoms with Gasteiger partial charge in [-0.3, -0.25) is 4.57 Å². The lowest BCUT2D eigenvalue weighted by molar-refractivity contribution is 0.0600. The van der Waals surface area contributed by atoms with Crippen molar-refractivity contribution in [2.75, 3.05) is 7.11 Å². The standard InChI is InChI=1S/C17H15N3O2S/c1-22-16(21)14-9-7-13(8-10-14)11-23-17-19-18-12-20(17)15-5-3-2-4-6-15/h2-10,12H,11H2,1H3. The van der Waals surface area contributed by atoms with Gasteiger partial charge in [0.2, 0.25) is 0 Å². The number of carbonyl (C=O) groups is 1. The van der Waals surface area contributed by atoms with Crippen LogP contribution in [0.15, 0.2) is 66.1 Å². The topological polar surface area (TPSA) is 57.0 Å². The number of methoxy groups -OCH3 is 1. The van der Waals surface area contributed by atoms with Crippen LogP contribution in [0.1, 0.15) is 15.9 Å². The molecule has 2 aromatic carbocycles. The lowest BCUT2D eigenvalue weighted by Gasteiger charge is -2.06. The molecule has 0 spiro atoms. The zero-order valence-electron chi connectivity index (χ0n) is 12.5. The number of hydrogen-bond donors (Lipinski definition) is 0. The largest absolute Gasteiger partial charge is 0.465 e. The molecule has 0 saturated heterocycles. The molecule has 0 aliphatic rings. The van der Waals surface area contributed by atoms with E-state index in [4.69, 9.17) is 4.74 Å². The van der Waals surface area contributed by atoms with Crippen LogP contribution >= 0.6 is 11.8 Å². The Bertz CT molecular complexity index is 785. The van der Waals surface area contributed by atoms with Crippen molar-refractivity contribution in [1.29, 1.82) is 0 Å². The molecular formula is C17H15N3O2S. The van der Waals surface area contributed by atoms with Crippen molar-refractivity contribution in [2.45, 2.75) is 10.9 Å². The van der Waals surface area contributed by atoms with Gasteiger partial charge in [-0.05, 0) is 29.8 Å². The van der Waals surface area contributed by atoms with Crippen LogP contribution in [-0.4, -0.2) is 27.8 Å². The molecule has 0 fully saturated rings. The van der Waals surface area contributed by atoms with Gasteiger partial charge < -0.3 is 4.74 Å². The minimum absolute atomic E-state index is 0.326. The fourth-order valence-electron chi connectivity index (χ4n) is 2.09. The molecule has 5 nitrogen and oxygen atoms in total. The first-order valence-corrected chi connectivity index (χ1v) is 8.02. The Hall–Kier alpha value is -2.60. The minimum atomic E-state index is -0.326. The molecule has 0 amide bonds. The number of aromatic nitrogens is 3. The smallest absolute Gasteiger partial charge is 0.337 e. The second-order valence-corrected chi connectivity index (χ2v) is 5.74. The Morgan fingerprint density at radius 1 is 1.13 bits per heavy atom. The molecule has 0 bridgehead atoms. The Morgan fingerprint density at radius 3 is 2.57 bits per heavy atom. The van der Waals surface area contributed by atoms with Gasteiger partial charge in [0, 0.05) is 11.4 Å². The molecule has 1 heterocycles. The number of esters is 1. The molecule has 6 heteroatoms. The number of para-hydroxylation sites is 1. The highest BCUT2D eigenvalue weighted by Gasteiger charge is 2.08. The van der Waals surface area contributed by atoms with Gasteiger partial charge in [-0.25, -0.2) is 4.79 Å². The monoisotopic (exact) mass is 325 g/mol. The van der Waals surface area contributed by atoms with Crippen LogP contribution in [0.2, 0.25) is 0 Å². The van der Waals surface area contributed by atoms with Gasteiger partial charge >= 0.3 is 5.97 Å². The van der Waals surface area contributed by atoms with Crippen LogP contribution in [0.5, 0.6) is 0 Å². The summed E-state index contributed by atoms with van der Waals surface area (Å²) in [5.41, 5.74) is 2.68. The number of hydrogen-bond acceptors (Lipinski definition) is 5. The van der Waals surface area contributed by atoms with Crippen LogP contribution in [-0.2, 0) is 10.5 Å². The van der Waals surface area contributed by atoms with E-state index in [-0.39, 0.29) is 5.97 Å². The Balaban J connectivity index is 1.70. The number of ether oxygens (including phenoxy) is 1. The fraction of sp³-hybridized carbons (Fsp3) is 0.118. The zero-order chi connectivity index (χ0) is 16.1. The molecule has 23 heavy (non-hydrogen) atoms. The molecular weight excluding hydrogens is 310 g/mol. The van der Waals surface area contributed by atoms with Crippen LogP contribution < -0.4 is 0 Å². The number of thioether (sulfide) groups is 1.